The first-order valence-electron chi connectivity index (χ1n) is 9.24. The van der Waals surface area contributed by atoms with Crippen LogP contribution in [0, 0.1) is 0 Å². The highest BCUT2D eigenvalue weighted by atomic mass is 79.9. The van der Waals surface area contributed by atoms with E-state index < -0.39 is 23.7 Å². The molecule has 1 heterocycles. The van der Waals surface area contributed by atoms with Crippen LogP contribution in [-0.2, 0) is 14.4 Å². The van der Waals surface area contributed by atoms with E-state index >= 15 is 0 Å². The van der Waals surface area contributed by atoms with Crippen LogP contribution in [0.5, 0.6) is 5.75 Å². The van der Waals surface area contributed by atoms with Crippen LogP contribution >= 0.6 is 15.9 Å². The molecule has 1 fully saturated rings. The number of aliphatic carboxylic acids is 1. The number of ketones is 1. The second kappa shape index (κ2) is 9.13. The van der Waals surface area contributed by atoms with E-state index in [-0.39, 0.29) is 30.7 Å². The average molecular weight is 474 g/mol. The first-order chi connectivity index (χ1) is 14.3. The van der Waals surface area contributed by atoms with E-state index in [1.54, 1.807) is 48.5 Å². The molecule has 1 atom stereocenters. The third-order valence-corrected chi connectivity index (χ3v) is 5.41. The van der Waals surface area contributed by atoms with Gasteiger partial charge in [0.25, 0.3) is 11.7 Å². The highest BCUT2D eigenvalue weighted by Gasteiger charge is 2.46. The average Bonchev–Trinajstić information content (AvgIpc) is 2.98. The SMILES string of the molecule is COc1ccccc1C1/C(=C(\O)c2ccc(Br)cc2)C(=O)C(=O)N1CCCC(=O)O. The van der Waals surface area contributed by atoms with Crippen molar-refractivity contribution in [3.63, 3.8) is 0 Å². The molecule has 1 aliphatic rings. The van der Waals surface area contributed by atoms with Gasteiger partial charge in [0.1, 0.15) is 11.5 Å². The van der Waals surface area contributed by atoms with Gasteiger partial charge in [-0.25, -0.2) is 0 Å². The van der Waals surface area contributed by atoms with E-state index in [1.807, 2.05) is 0 Å². The summed E-state index contributed by atoms with van der Waals surface area (Å²) < 4.78 is 6.22. The molecule has 2 N–H and O–H groups in total. The normalized spacial score (nSPS) is 17.9. The first-order valence-corrected chi connectivity index (χ1v) is 10.0. The Morgan fingerprint density at radius 1 is 1.10 bits per heavy atom. The van der Waals surface area contributed by atoms with Crippen molar-refractivity contribution < 1.29 is 29.3 Å². The first kappa shape index (κ1) is 21.6. The van der Waals surface area contributed by atoms with Gasteiger partial charge in [-0.3, -0.25) is 14.4 Å². The van der Waals surface area contributed by atoms with Crippen molar-refractivity contribution in [3.05, 3.63) is 69.7 Å². The molecule has 3 rings (SSSR count). The summed E-state index contributed by atoms with van der Waals surface area (Å²) in [5, 5.41) is 19.9. The molecule has 1 saturated heterocycles. The van der Waals surface area contributed by atoms with Crippen molar-refractivity contribution in [2.45, 2.75) is 18.9 Å². The Kier molecular flexibility index (Phi) is 6.56. The summed E-state index contributed by atoms with van der Waals surface area (Å²) in [5.41, 5.74) is 0.872. The fourth-order valence-corrected chi connectivity index (χ4v) is 3.75. The summed E-state index contributed by atoms with van der Waals surface area (Å²) in [6, 6.07) is 12.7. The number of carbonyl (C=O) groups excluding carboxylic acids is 2. The van der Waals surface area contributed by atoms with Gasteiger partial charge in [0, 0.05) is 28.6 Å². The lowest BCUT2D eigenvalue weighted by atomic mass is 9.94. The molecule has 7 nitrogen and oxygen atoms in total. The molecule has 0 aromatic heterocycles. The van der Waals surface area contributed by atoms with Crippen molar-refractivity contribution in [1.82, 2.24) is 4.90 Å². The lowest BCUT2D eigenvalue weighted by Crippen LogP contribution is -2.31. The number of carboxylic acid groups (broad SMARTS) is 1. The Morgan fingerprint density at radius 2 is 1.77 bits per heavy atom. The molecule has 0 spiro atoms. The predicted molar refractivity (Wildman–Crippen MR) is 113 cm³/mol. The lowest BCUT2D eigenvalue weighted by Gasteiger charge is -2.26. The molecule has 1 amide bonds. The van der Waals surface area contributed by atoms with Crippen LogP contribution in [-0.4, -0.2) is 46.4 Å². The summed E-state index contributed by atoms with van der Waals surface area (Å²) in [6.45, 7) is 0.0523. The van der Waals surface area contributed by atoms with Gasteiger partial charge < -0.3 is 19.8 Å². The topological polar surface area (TPSA) is 104 Å². The number of amides is 1. The van der Waals surface area contributed by atoms with E-state index in [1.165, 1.54) is 12.0 Å². The second-order valence-corrected chi connectivity index (χ2v) is 7.65. The highest BCUT2D eigenvalue weighted by molar-refractivity contribution is 9.10. The predicted octanol–water partition coefficient (Wildman–Crippen LogP) is 3.74. The van der Waals surface area contributed by atoms with Crippen molar-refractivity contribution in [1.29, 1.82) is 0 Å². The van der Waals surface area contributed by atoms with E-state index in [4.69, 9.17) is 9.84 Å². The Morgan fingerprint density at radius 3 is 2.40 bits per heavy atom. The van der Waals surface area contributed by atoms with Crippen LogP contribution in [0.25, 0.3) is 5.76 Å². The Bertz CT molecular complexity index is 1010. The van der Waals surface area contributed by atoms with Crippen molar-refractivity contribution in [2.24, 2.45) is 0 Å². The third-order valence-electron chi connectivity index (χ3n) is 4.88. The van der Waals surface area contributed by atoms with E-state index in [9.17, 15) is 19.5 Å². The minimum atomic E-state index is -0.990. The third kappa shape index (κ3) is 4.23. The zero-order valence-electron chi connectivity index (χ0n) is 16.2. The molecule has 0 saturated carbocycles. The van der Waals surface area contributed by atoms with Gasteiger partial charge in [-0.1, -0.05) is 46.3 Å². The monoisotopic (exact) mass is 473 g/mol. The summed E-state index contributed by atoms with van der Waals surface area (Å²) >= 11 is 3.33. The quantitative estimate of drug-likeness (QED) is 0.360. The number of para-hydroxylation sites is 1. The fraction of sp³-hybridized carbons (Fsp3) is 0.227. The van der Waals surface area contributed by atoms with Crippen LogP contribution in [0.15, 0.2) is 58.6 Å². The number of aliphatic hydroxyl groups excluding tert-OH is 1. The molecule has 30 heavy (non-hydrogen) atoms. The number of likely N-dealkylation sites (tertiary alicyclic amines) is 1. The number of methoxy groups -OCH3 is 1. The minimum Gasteiger partial charge on any atom is -0.507 e. The molecule has 2 aromatic carbocycles. The number of carboxylic acids is 1. The van der Waals surface area contributed by atoms with Crippen molar-refractivity contribution in [3.8, 4) is 5.75 Å². The highest BCUT2D eigenvalue weighted by Crippen LogP contribution is 2.42. The van der Waals surface area contributed by atoms with Gasteiger partial charge in [0.15, 0.2) is 0 Å². The molecule has 0 radical (unpaired) electrons. The number of aliphatic hydroxyl groups is 1. The van der Waals surface area contributed by atoms with Crippen molar-refractivity contribution in [2.75, 3.05) is 13.7 Å². The van der Waals surface area contributed by atoms with E-state index in [0.29, 0.717) is 16.9 Å². The molecule has 1 aliphatic heterocycles. The maximum absolute atomic E-state index is 12.9. The molecule has 0 aliphatic carbocycles. The van der Waals surface area contributed by atoms with Crippen LogP contribution < -0.4 is 4.74 Å². The largest absolute Gasteiger partial charge is 0.507 e. The maximum Gasteiger partial charge on any atom is 0.303 e. The van der Waals surface area contributed by atoms with Gasteiger partial charge in [0.2, 0.25) is 0 Å². The van der Waals surface area contributed by atoms with Crippen molar-refractivity contribution >= 4 is 39.3 Å². The van der Waals surface area contributed by atoms with E-state index in [0.717, 1.165) is 4.47 Å². The van der Waals surface area contributed by atoms with Crippen LogP contribution in [0.1, 0.15) is 30.0 Å². The second-order valence-electron chi connectivity index (χ2n) is 6.74. The maximum atomic E-state index is 12.9. The summed E-state index contributed by atoms with van der Waals surface area (Å²) in [6.07, 6.45) is 0.0285. The standard InChI is InChI=1S/C22H20BrNO6/c1-30-16-6-3-2-5-15(16)19-18(20(27)13-8-10-14(23)11-9-13)21(28)22(29)24(19)12-4-7-17(25)26/h2-3,5-6,8-11,19,27H,4,7,12H2,1H3,(H,25,26)/b20-18+. The summed E-state index contributed by atoms with van der Waals surface area (Å²) in [4.78, 5) is 37.9. The summed E-state index contributed by atoms with van der Waals surface area (Å²) in [5.74, 6) is -2.43. The summed E-state index contributed by atoms with van der Waals surface area (Å²) in [7, 11) is 1.48. The molecular formula is C22H20BrNO6. The molecule has 1 unspecified atom stereocenters. The van der Waals surface area contributed by atoms with Gasteiger partial charge in [-0.05, 0) is 24.6 Å². The Hall–Kier alpha value is -3.13. The van der Waals surface area contributed by atoms with Crippen LogP contribution in [0.2, 0.25) is 0 Å². The minimum absolute atomic E-state index is 0.0523. The number of hydrogen-bond donors (Lipinski definition) is 2. The number of carbonyl (C=O) groups is 3. The number of benzene rings is 2. The smallest absolute Gasteiger partial charge is 0.303 e. The Labute approximate surface area is 181 Å². The molecule has 0 bridgehead atoms. The number of hydrogen-bond acceptors (Lipinski definition) is 5. The number of nitrogens with zero attached hydrogens (tertiary/aromatic N) is 1. The zero-order valence-corrected chi connectivity index (χ0v) is 17.8. The molecule has 2 aromatic rings. The zero-order chi connectivity index (χ0) is 21.8. The number of Topliss-reactive ketones (excluding diaryl/α,β-unsaturated/α-hetero) is 1. The van der Waals surface area contributed by atoms with Gasteiger partial charge in [0.05, 0.1) is 18.7 Å². The van der Waals surface area contributed by atoms with E-state index in [2.05, 4.69) is 15.9 Å². The fourth-order valence-electron chi connectivity index (χ4n) is 3.49. The van der Waals surface area contributed by atoms with Crippen LogP contribution in [0.4, 0.5) is 0 Å². The van der Waals surface area contributed by atoms with Gasteiger partial charge in [-0.15, -0.1) is 0 Å². The van der Waals surface area contributed by atoms with Crippen LogP contribution in [0.3, 0.4) is 0 Å². The number of halogens is 1. The lowest BCUT2D eigenvalue weighted by molar-refractivity contribution is -0.140. The number of ether oxygens (including phenoxy) is 1. The number of rotatable bonds is 7. The van der Waals surface area contributed by atoms with Gasteiger partial charge in [-0.2, -0.15) is 0 Å². The molecule has 8 heteroatoms. The van der Waals surface area contributed by atoms with Gasteiger partial charge >= 0.3 is 5.97 Å². The molecule has 156 valence electrons. The molecular weight excluding hydrogens is 454 g/mol. The Balaban J connectivity index is 2.14.